The number of halogens is 1. The maximum Gasteiger partial charge on any atom is 0.191 e. The summed E-state index contributed by atoms with van der Waals surface area (Å²) >= 11 is 0. The highest BCUT2D eigenvalue weighted by molar-refractivity contribution is 14.0. The van der Waals surface area contributed by atoms with Crippen LogP contribution in [-0.2, 0) is 6.42 Å². The molecule has 2 N–H and O–H groups in total. The van der Waals surface area contributed by atoms with Gasteiger partial charge in [-0.3, -0.25) is 4.99 Å². The normalized spacial score (nSPS) is 11.9. The third-order valence-corrected chi connectivity index (χ3v) is 3.22. The molecule has 4 heteroatoms. The third-order valence-electron chi connectivity index (χ3n) is 3.22. The van der Waals surface area contributed by atoms with Crippen LogP contribution in [0.25, 0.3) is 0 Å². The first-order valence-corrected chi connectivity index (χ1v) is 7.28. The van der Waals surface area contributed by atoms with Crippen LogP contribution in [0.1, 0.15) is 43.0 Å². The van der Waals surface area contributed by atoms with Crippen LogP contribution in [0, 0.1) is 20.8 Å². The van der Waals surface area contributed by atoms with Crippen LogP contribution in [0.5, 0.6) is 0 Å². The van der Waals surface area contributed by atoms with E-state index in [0.717, 1.165) is 18.9 Å². The van der Waals surface area contributed by atoms with Crippen molar-refractivity contribution in [1.82, 2.24) is 10.6 Å². The van der Waals surface area contributed by atoms with Gasteiger partial charge in [-0.15, -0.1) is 24.0 Å². The summed E-state index contributed by atoms with van der Waals surface area (Å²) in [4.78, 5) is 4.26. The standard InChI is InChI=1S/C17H29N3.HI/c1-12-10-13(2)15(14(3)11-12)8-9-19-16(18-7)20-17(4,5)6;/h10-11H,8-9H2,1-7H3,(H2,18,19,20);1H. The number of guanidine groups is 1. The number of benzene rings is 1. The van der Waals surface area contributed by atoms with E-state index in [2.05, 4.69) is 69.3 Å². The van der Waals surface area contributed by atoms with Crippen molar-refractivity contribution >= 4 is 29.9 Å². The van der Waals surface area contributed by atoms with Gasteiger partial charge < -0.3 is 10.6 Å². The molecular weight excluding hydrogens is 373 g/mol. The zero-order chi connectivity index (χ0) is 15.3. The largest absolute Gasteiger partial charge is 0.356 e. The number of nitrogens with one attached hydrogen (secondary N) is 2. The van der Waals surface area contributed by atoms with Gasteiger partial charge in [0.1, 0.15) is 0 Å². The van der Waals surface area contributed by atoms with Crippen molar-refractivity contribution in [2.75, 3.05) is 13.6 Å². The van der Waals surface area contributed by atoms with Gasteiger partial charge in [0.05, 0.1) is 0 Å². The van der Waals surface area contributed by atoms with Crippen molar-refractivity contribution in [2.45, 2.75) is 53.5 Å². The van der Waals surface area contributed by atoms with E-state index in [0.29, 0.717) is 0 Å². The van der Waals surface area contributed by atoms with Crippen molar-refractivity contribution in [1.29, 1.82) is 0 Å². The second-order valence-corrected chi connectivity index (χ2v) is 6.50. The Bertz CT molecular complexity index is 464. The molecule has 0 radical (unpaired) electrons. The molecule has 21 heavy (non-hydrogen) atoms. The van der Waals surface area contributed by atoms with Crippen LogP contribution < -0.4 is 10.6 Å². The highest BCUT2D eigenvalue weighted by Crippen LogP contribution is 2.16. The lowest BCUT2D eigenvalue weighted by atomic mass is 9.97. The predicted molar refractivity (Wildman–Crippen MR) is 104 cm³/mol. The first-order valence-electron chi connectivity index (χ1n) is 7.28. The van der Waals surface area contributed by atoms with Gasteiger partial charge in [0.15, 0.2) is 5.96 Å². The van der Waals surface area contributed by atoms with Crippen molar-refractivity contribution in [3.63, 3.8) is 0 Å². The minimum absolute atomic E-state index is 0. The monoisotopic (exact) mass is 403 g/mol. The molecule has 0 bridgehead atoms. The summed E-state index contributed by atoms with van der Waals surface area (Å²) in [5.74, 6) is 0.861. The average molecular weight is 403 g/mol. The molecule has 0 aromatic heterocycles. The summed E-state index contributed by atoms with van der Waals surface area (Å²) in [6, 6.07) is 4.51. The fraction of sp³-hybridized carbons (Fsp3) is 0.588. The Hall–Kier alpha value is -0.780. The van der Waals surface area contributed by atoms with Crippen molar-refractivity contribution in [3.8, 4) is 0 Å². The molecule has 0 unspecified atom stereocenters. The van der Waals surface area contributed by atoms with E-state index in [1.807, 2.05) is 7.05 Å². The zero-order valence-electron chi connectivity index (χ0n) is 14.4. The minimum Gasteiger partial charge on any atom is -0.356 e. The van der Waals surface area contributed by atoms with Gasteiger partial charge in [0.25, 0.3) is 0 Å². The summed E-state index contributed by atoms with van der Waals surface area (Å²) in [5.41, 5.74) is 5.56. The van der Waals surface area contributed by atoms with E-state index in [4.69, 9.17) is 0 Å². The molecule has 0 fully saturated rings. The van der Waals surface area contributed by atoms with Crippen LogP contribution in [0.15, 0.2) is 17.1 Å². The summed E-state index contributed by atoms with van der Waals surface area (Å²) in [7, 11) is 1.81. The van der Waals surface area contributed by atoms with E-state index in [1.54, 1.807) is 0 Å². The van der Waals surface area contributed by atoms with Gasteiger partial charge >= 0.3 is 0 Å². The van der Waals surface area contributed by atoms with E-state index in [9.17, 15) is 0 Å². The lowest BCUT2D eigenvalue weighted by Crippen LogP contribution is -2.48. The predicted octanol–water partition coefficient (Wildman–Crippen LogP) is 3.74. The number of aryl methyl sites for hydroxylation is 3. The number of aliphatic imine (C=N–C) groups is 1. The number of hydrogen-bond donors (Lipinski definition) is 2. The van der Waals surface area contributed by atoms with Crippen LogP contribution in [0.4, 0.5) is 0 Å². The van der Waals surface area contributed by atoms with Gasteiger partial charge in [-0.1, -0.05) is 17.7 Å². The first-order chi connectivity index (χ1) is 9.23. The fourth-order valence-electron chi connectivity index (χ4n) is 2.44. The highest BCUT2D eigenvalue weighted by Gasteiger charge is 2.11. The topological polar surface area (TPSA) is 36.4 Å². The average Bonchev–Trinajstić information content (AvgIpc) is 2.29. The second kappa shape index (κ2) is 8.61. The molecule has 0 aliphatic heterocycles. The summed E-state index contributed by atoms with van der Waals surface area (Å²) in [5, 5.41) is 6.75. The van der Waals surface area contributed by atoms with Gasteiger partial charge in [-0.05, 0) is 64.7 Å². The Labute approximate surface area is 147 Å². The van der Waals surface area contributed by atoms with Crippen LogP contribution >= 0.6 is 24.0 Å². The molecule has 0 heterocycles. The fourth-order valence-corrected chi connectivity index (χ4v) is 2.44. The van der Waals surface area contributed by atoms with E-state index in [-0.39, 0.29) is 29.5 Å². The molecule has 1 rings (SSSR count). The molecule has 0 aliphatic rings. The van der Waals surface area contributed by atoms with E-state index >= 15 is 0 Å². The Balaban J connectivity index is 0.00000400. The maximum atomic E-state index is 4.26. The molecule has 1 aromatic carbocycles. The summed E-state index contributed by atoms with van der Waals surface area (Å²) in [6.45, 7) is 13.8. The Kier molecular flexibility index (Phi) is 8.29. The Morgan fingerprint density at radius 1 is 1.10 bits per heavy atom. The molecule has 3 nitrogen and oxygen atoms in total. The third kappa shape index (κ3) is 7.16. The Morgan fingerprint density at radius 3 is 2.05 bits per heavy atom. The van der Waals surface area contributed by atoms with Crippen LogP contribution in [0.2, 0.25) is 0 Å². The molecule has 0 atom stereocenters. The lowest BCUT2D eigenvalue weighted by Gasteiger charge is -2.24. The van der Waals surface area contributed by atoms with Crippen molar-refractivity contribution in [2.24, 2.45) is 4.99 Å². The van der Waals surface area contributed by atoms with E-state index in [1.165, 1.54) is 22.3 Å². The SMILES string of the molecule is CN=C(NCCc1c(C)cc(C)cc1C)NC(C)(C)C.I. The molecule has 0 spiro atoms. The van der Waals surface area contributed by atoms with Crippen LogP contribution in [0.3, 0.4) is 0 Å². The first kappa shape index (κ1) is 20.2. The van der Waals surface area contributed by atoms with Crippen molar-refractivity contribution < 1.29 is 0 Å². The zero-order valence-corrected chi connectivity index (χ0v) is 16.8. The second-order valence-electron chi connectivity index (χ2n) is 6.50. The molecule has 1 aromatic rings. The van der Waals surface area contributed by atoms with Gasteiger partial charge in [-0.25, -0.2) is 0 Å². The maximum absolute atomic E-state index is 4.26. The molecule has 0 saturated heterocycles. The molecule has 0 saturated carbocycles. The van der Waals surface area contributed by atoms with Gasteiger partial charge in [0.2, 0.25) is 0 Å². The van der Waals surface area contributed by atoms with Crippen molar-refractivity contribution in [3.05, 3.63) is 34.4 Å². The number of hydrogen-bond acceptors (Lipinski definition) is 1. The lowest BCUT2D eigenvalue weighted by molar-refractivity contribution is 0.501. The van der Waals surface area contributed by atoms with Gasteiger partial charge in [-0.2, -0.15) is 0 Å². The molecule has 0 amide bonds. The highest BCUT2D eigenvalue weighted by atomic mass is 127. The Morgan fingerprint density at radius 2 is 1.62 bits per heavy atom. The van der Waals surface area contributed by atoms with E-state index < -0.39 is 0 Å². The summed E-state index contributed by atoms with van der Waals surface area (Å²) in [6.07, 6.45) is 1.02. The van der Waals surface area contributed by atoms with Gasteiger partial charge in [0, 0.05) is 19.1 Å². The molecule has 0 aliphatic carbocycles. The number of nitrogens with zero attached hydrogens (tertiary/aromatic N) is 1. The molecular formula is C17H30IN3. The number of rotatable bonds is 3. The quantitative estimate of drug-likeness (QED) is 0.458. The van der Waals surface area contributed by atoms with Crippen LogP contribution in [-0.4, -0.2) is 25.1 Å². The summed E-state index contributed by atoms with van der Waals surface area (Å²) < 4.78 is 0. The smallest absolute Gasteiger partial charge is 0.191 e. The molecule has 120 valence electrons. The minimum atomic E-state index is 0.